The molecule has 1 fully saturated rings. The number of aromatic nitrogens is 1. The van der Waals surface area contributed by atoms with Crippen molar-refractivity contribution < 1.29 is 18.9 Å². The summed E-state index contributed by atoms with van der Waals surface area (Å²) < 4.78 is 15.8. The van der Waals surface area contributed by atoms with Crippen LogP contribution < -0.4 is 5.32 Å². The second-order valence-electron chi connectivity index (χ2n) is 6.08. The normalized spacial score (nSPS) is 15.4. The quantitative estimate of drug-likeness (QED) is 0.407. The Kier molecular flexibility index (Phi) is 4.44. The van der Waals surface area contributed by atoms with Crippen molar-refractivity contribution in [2.75, 3.05) is 0 Å². The standard InChI is InChI=1S/C19H12FN3O4S/c20-13-5-2-1-4-11(13)9-22-10-12(8-16-18(24)21-19(25)28-16)17-14(22)6-3-7-15(17)23(26)27/h1-8,10H,9H2,(H,21,24,25)/b16-8+. The molecule has 3 aromatic rings. The predicted molar refractivity (Wildman–Crippen MR) is 103 cm³/mol. The Balaban J connectivity index is 1.90. The maximum Gasteiger partial charge on any atom is 0.290 e. The first-order valence-corrected chi connectivity index (χ1v) is 9.00. The molecule has 1 saturated heterocycles. The molecule has 9 heteroatoms. The summed E-state index contributed by atoms with van der Waals surface area (Å²) in [6, 6.07) is 10.9. The number of thioether (sulfide) groups is 1. The van der Waals surface area contributed by atoms with Crippen LogP contribution in [0.15, 0.2) is 53.6 Å². The molecular weight excluding hydrogens is 385 g/mol. The van der Waals surface area contributed by atoms with Gasteiger partial charge in [-0.3, -0.25) is 25.0 Å². The van der Waals surface area contributed by atoms with E-state index in [1.165, 1.54) is 18.2 Å². The van der Waals surface area contributed by atoms with E-state index in [-0.39, 0.29) is 23.0 Å². The molecule has 7 nitrogen and oxygen atoms in total. The fourth-order valence-electron chi connectivity index (χ4n) is 3.13. The van der Waals surface area contributed by atoms with Gasteiger partial charge in [-0.05, 0) is 30.0 Å². The van der Waals surface area contributed by atoms with Crippen molar-refractivity contribution in [2.45, 2.75) is 6.54 Å². The summed E-state index contributed by atoms with van der Waals surface area (Å²) in [6.07, 6.45) is 3.06. The lowest BCUT2D eigenvalue weighted by atomic mass is 10.1. The Morgan fingerprint density at radius 3 is 2.64 bits per heavy atom. The molecule has 1 aliphatic rings. The lowest BCUT2D eigenvalue weighted by molar-refractivity contribution is -0.383. The minimum absolute atomic E-state index is 0.133. The minimum atomic E-state index is -0.552. The molecule has 28 heavy (non-hydrogen) atoms. The maximum atomic E-state index is 14.1. The monoisotopic (exact) mass is 397 g/mol. The van der Waals surface area contributed by atoms with Crippen LogP contribution in [-0.2, 0) is 11.3 Å². The molecule has 0 atom stereocenters. The Morgan fingerprint density at radius 2 is 1.96 bits per heavy atom. The summed E-state index contributed by atoms with van der Waals surface area (Å²) in [5.41, 5.74) is 1.23. The van der Waals surface area contributed by atoms with E-state index in [2.05, 4.69) is 5.32 Å². The molecule has 0 spiro atoms. The highest BCUT2D eigenvalue weighted by molar-refractivity contribution is 8.18. The van der Waals surface area contributed by atoms with Gasteiger partial charge in [0, 0.05) is 23.4 Å². The summed E-state index contributed by atoms with van der Waals surface area (Å²) in [5.74, 6) is -0.936. The fourth-order valence-corrected chi connectivity index (χ4v) is 3.80. The van der Waals surface area contributed by atoms with E-state index in [0.29, 0.717) is 22.0 Å². The topological polar surface area (TPSA) is 94.2 Å². The number of benzene rings is 2. The number of fused-ring (bicyclic) bond motifs is 1. The first-order valence-electron chi connectivity index (χ1n) is 8.18. The molecule has 1 aliphatic heterocycles. The van der Waals surface area contributed by atoms with Crippen molar-refractivity contribution in [3.63, 3.8) is 0 Å². The van der Waals surface area contributed by atoms with E-state index in [9.17, 15) is 24.1 Å². The number of hydrogen-bond acceptors (Lipinski definition) is 5. The number of non-ortho nitro benzene ring substituents is 1. The van der Waals surface area contributed by atoms with Crippen LogP contribution in [0.3, 0.4) is 0 Å². The Morgan fingerprint density at radius 1 is 1.18 bits per heavy atom. The second-order valence-corrected chi connectivity index (χ2v) is 7.10. The second kappa shape index (κ2) is 6.93. The summed E-state index contributed by atoms with van der Waals surface area (Å²) in [5, 5.41) is 13.5. The average Bonchev–Trinajstić information content (AvgIpc) is 3.16. The van der Waals surface area contributed by atoms with E-state index < -0.39 is 16.1 Å². The smallest absolute Gasteiger partial charge is 0.290 e. The lowest BCUT2D eigenvalue weighted by Crippen LogP contribution is -2.17. The zero-order valence-corrected chi connectivity index (χ0v) is 15.0. The van der Waals surface area contributed by atoms with Gasteiger partial charge in [0.2, 0.25) is 0 Å². The molecule has 0 radical (unpaired) electrons. The number of nitro benzene ring substituents is 1. The predicted octanol–water partition coefficient (Wildman–Crippen LogP) is 4.06. The first kappa shape index (κ1) is 17.9. The summed E-state index contributed by atoms with van der Waals surface area (Å²) >= 11 is 0.729. The van der Waals surface area contributed by atoms with Crippen LogP contribution in [0.5, 0.6) is 0 Å². The molecule has 4 rings (SSSR count). The summed E-state index contributed by atoms with van der Waals surface area (Å²) in [7, 11) is 0. The van der Waals surface area contributed by atoms with Crippen molar-refractivity contribution in [3.05, 3.63) is 80.6 Å². The van der Waals surface area contributed by atoms with Gasteiger partial charge in [-0.1, -0.05) is 24.3 Å². The molecule has 2 heterocycles. The van der Waals surface area contributed by atoms with Gasteiger partial charge in [0.05, 0.1) is 27.3 Å². The first-order chi connectivity index (χ1) is 13.4. The number of amides is 2. The maximum absolute atomic E-state index is 14.1. The molecule has 2 aromatic carbocycles. The average molecular weight is 397 g/mol. The number of rotatable bonds is 4. The van der Waals surface area contributed by atoms with Gasteiger partial charge in [-0.25, -0.2) is 4.39 Å². The van der Waals surface area contributed by atoms with Crippen LogP contribution in [0.2, 0.25) is 0 Å². The Labute approximate surface area is 162 Å². The van der Waals surface area contributed by atoms with Gasteiger partial charge >= 0.3 is 0 Å². The van der Waals surface area contributed by atoms with Gasteiger partial charge < -0.3 is 4.57 Å². The molecule has 2 amide bonds. The minimum Gasteiger partial charge on any atom is -0.342 e. The third-order valence-corrected chi connectivity index (χ3v) is 5.15. The van der Waals surface area contributed by atoms with Crippen molar-refractivity contribution in [3.8, 4) is 0 Å². The van der Waals surface area contributed by atoms with E-state index >= 15 is 0 Å². The van der Waals surface area contributed by atoms with Crippen LogP contribution in [-0.4, -0.2) is 20.6 Å². The van der Waals surface area contributed by atoms with E-state index in [4.69, 9.17) is 0 Å². The lowest BCUT2D eigenvalue weighted by Gasteiger charge is -2.06. The van der Waals surface area contributed by atoms with Crippen molar-refractivity contribution in [1.82, 2.24) is 9.88 Å². The van der Waals surface area contributed by atoms with E-state index in [0.717, 1.165) is 11.8 Å². The highest BCUT2D eigenvalue weighted by atomic mass is 32.2. The van der Waals surface area contributed by atoms with Crippen LogP contribution in [0.25, 0.3) is 17.0 Å². The third-order valence-electron chi connectivity index (χ3n) is 4.34. The van der Waals surface area contributed by atoms with Crippen LogP contribution in [0.4, 0.5) is 14.9 Å². The zero-order valence-electron chi connectivity index (χ0n) is 14.2. The molecule has 140 valence electrons. The molecule has 1 aromatic heterocycles. The van der Waals surface area contributed by atoms with Gasteiger partial charge in [-0.15, -0.1) is 0 Å². The number of carbonyl (C=O) groups is 2. The van der Waals surface area contributed by atoms with Crippen molar-refractivity contribution in [1.29, 1.82) is 0 Å². The molecule has 0 bridgehead atoms. The molecule has 0 unspecified atom stereocenters. The summed E-state index contributed by atoms with van der Waals surface area (Å²) in [4.78, 5) is 34.4. The number of imide groups is 1. The number of nitro groups is 1. The number of hydrogen-bond donors (Lipinski definition) is 1. The van der Waals surface area contributed by atoms with Crippen LogP contribution >= 0.6 is 11.8 Å². The highest BCUT2D eigenvalue weighted by Crippen LogP contribution is 2.35. The number of nitrogens with one attached hydrogen (secondary N) is 1. The van der Waals surface area contributed by atoms with Crippen molar-refractivity contribution >= 4 is 45.6 Å². The highest BCUT2D eigenvalue weighted by Gasteiger charge is 2.27. The molecule has 0 saturated carbocycles. The van der Waals surface area contributed by atoms with Crippen molar-refractivity contribution in [2.24, 2.45) is 0 Å². The number of halogens is 1. The van der Waals surface area contributed by atoms with Gasteiger partial charge in [0.15, 0.2) is 0 Å². The number of carbonyl (C=O) groups excluding carboxylic acids is 2. The largest absolute Gasteiger partial charge is 0.342 e. The zero-order chi connectivity index (χ0) is 19.8. The Bertz CT molecular complexity index is 1190. The van der Waals surface area contributed by atoms with Gasteiger partial charge in [-0.2, -0.15) is 0 Å². The van der Waals surface area contributed by atoms with Crippen LogP contribution in [0, 0.1) is 15.9 Å². The van der Waals surface area contributed by atoms with Gasteiger partial charge in [0.1, 0.15) is 5.82 Å². The Hall–Kier alpha value is -3.46. The number of nitrogens with zero attached hydrogens (tertiary/aromatic N) is 2. The van der Waals surface area contributed by atoms with Gasteiger partial charge in [0.25, 0.3) is 16.8 Å². The SMILES string of the molecule is O=C1NC(=O)/C(=C\c2cn(Cc3ccccc3F)c3cccc([N+](=O)[O-])c23)S1. The van der Waals surface area contributed by atoms with Crippen LogP contribution in [0.1, 0.15) is 11.1 Å². The summed E-state index contributed by atoms with van der Waals surface area (Å²) in [6.45, 7) is 0.159. The van der Waals surface area contributed by atoms with E-state index in [1.807, 2.05) is 0 Å². The fraction of sp³-hybridized carbons (Fsp3) is 0.0526. The van der Waals surface area contributed by atoms with E-state index in [1.54, 1.807) is 41.1 Å². The molecular formula is C19H12FN3O4S. The molecule has 0 aliphatic carbocycles. The molecule has 1 N–H and O–H groups in total. The third kappa shape index (κ3) is 3.16.